The van der Waals surface area contributed by atoms with Gasteiger partial charge in [0, 0.05) is 4.90 Å². The summed E-state index contributed by atoms with van der Waals surface area (Å²) in [7, 11) is -1.94. The van der Waals surface area contributed by atoms with Crippen molar-refractivity contribution in [3.63, 3.8) is 0 Å². The maximum absolute atomic E-state index is 14.0. The van der Waals surface area contributed by atoms with Gasteiger partial charge in [0.2, 0.25) is 0 Å². The van der Waals surface area contributed by atoms with Crippen LogP contribution < -0.4 is 10.6 Å². The van der Waals surface area contributed by atoms with Crippen LogP contribution in [0.3, 0.4) is 0 Å². The van der Waals surface area contributed by atoms with Crippen LogP contribution in [0.2, 0.25) is 0 Å². The molecule has 0 amide bonds. The SMILES string of the molecule is Cc1ccc(S(=O)[C@H](Cc2ccccc2)P(c2ccccc2)c2ccccc2)cc1. The first-order valence-corrected chi connectivity index (χ1v) is 12.8. The van der Waals surface area contributed by atoms with E-state index in [0.29, 0.717) is 0 Å². The van der Waals surface area contributed by atoms with Crippen LogP contribution in [0.25, 0.3) is 0 Å². The minimum Gasteiger partial charge on any atom is -0.254 e. The predicted molar refractivity (Wildman–Crippen MR) is 131 cm³/mol. The summed E-state index contributed by atoms with van der Waals surface area (Å²) >= 11 is 0. The van der Waals surface area contributed by atoms with E-state index < -0.39 is 18.7 Å². The molecule has 30 heavy (non-hydrogen) atoms. The fraction of sp³-hybridized carbons (Fsp3) is 0.111. The maximum Gasteiger partial charge on any atom is 0.0715 e. The van der Waals surface area contributed by atoms with Crippen molar-refractivity contribution < 1.29 is 4.21 Å². The van der Waals surface area contributed by atoms with Crippen molar-refractivity contribution in [1.29, 1.82) is 0 Å². The van der Waals surface area contributed by atoms with Gasteiger partial charge in [0.1, 0.15) is 0 Å². The van der Waals surface area contributed by atoms with Gasteiger partial charge in [0.25, 0.3) is 0 Å². The third-order valence-corrected chi connectivity index (χ3v) is 10.2. The van der Waals surface area contributed by atoms with Gasteiger partial charge in [-0.3, -0.25) is 4.21 Å². The summed E-state index contributed by atoms with van der Waals surface area (Å²) in [4.78, 5) is 0.885. The lowest BCUT2D eigenvalue weighted by Crippen LogP contribution is -2.27. The normalized spacial score (nSPS) is 13.1. The van der Waals surface area contributed by atoms with E-state index in [1.165, 1.54) is 21.7 Å². The van der Waals surface area contributed by atoms with Gasteiger partial charge in [-0.15, -0.1) is 0 Å². The molecule has 3 heteroatoms. The third kappa shape index (κ3) is 4.95. The first-order valence-electron chi connectivity index (χ1n) is 10.1. The molecule has 0 aliphatic carbocycles. The lowest BCUT2D eigenvalue weighted by atomic mass is 10.2. The van der Waals surface area contributed by atoms with Crippen LogP contribution in [0.15, 0.2) is 120 Å². The lowest BCUT2D eigenvalue weighted by molar-refractivity contribution is 0.680. The van der Waals surface area contributed by atoms with E-state index in [2.05, 4.69) is 91.9 Å². The fourth-order valence-electron chi connectivity index (χ4n) is 3.57. The number of hydrogen-bond donors (Lipinski definition) is 0. The topological polar surface area (TPSA) is 17.1 Å². The molecule has 1 nitrogen and oxygen atoms in total. The standard InChI is InChI=1S/C27H25OPS/c1-22-17-19-26(20-18-22)30(28)27(21-23-11-5-2-6-12-23)29(24-13-7-3-8-14-24)25-15-9-4-10-16-25/h2-20,27H,21H2,1H3/t27-,30?/m1/s1. The molecule has 0 aliphatic heterocycles. The van der Waals surface area contributed by atoms with Gasteiger partial charge in [0.05, 0.1) is 15.8 Å². The zero-order valence-corrected chi connectivity index (χ0v) is 18.7. The lowest BCUT2D eigenvalue weighted by Gasteiger charge is -2.28. The molecule has 150 valence electrons. The summed E-state index contributed by atoms with van der Waals surface area (Å²) in [5, 5.41) is 2.53. The maximum atomic E-state index is 14.0. The van der Waals surface area contributed by atoms with E-state index in [1.54, 1.807) is 0 Å². The molecule has 0 aromatic heterocycles. The Morgan fingerprint density at radius 1 is 0.667 bits per heavy atom. The molecular weight excluding hydrogens is 403 g/mol. The van der Waals surface area contributed by atoms with E-state index in [4.69, 9.17) is 0 Å². The minimum atomic E-state index is -1.13. The summed E-state index contributed by atoms with van der Waals surface area (Å²) in [6, 6.07) is 39.8. The summed E-state index contributed by atoms with van der Waals surface area (Å²) < 4.78 is 14.0. The fourth-order valence-corrected chi connectivity index (χ4v) is 8.83. The Morgan fingerprint density at radius 2 is 1.13 bits per heavy atom. The first-order chi connectivity index (χ1) is 14.7. The molecular formula is C27H25OPS. The monoisotopic (exact) mass is 428 g/mol. The van der Waals surface area contributed by atoms with Gasteiger partial charge < -0.3 is 0 Å². The second kappa shape index (κ2) is 9.98. The van der Waals surface area contributed by atoms with Crippen LogP contribution in [0.1, 0.15) is 11.1 Å². The molecule has 4 rings (SSSR count). The van der Waals surface area contributed by atoms with E-state index in [0.717, 1.165) is 11.3 Å². The van der Waals surface area contributed by atoms with Crippen molar-refractivity contribution in [2.45, 2.75) is 23.2 Å². The molecule has 0 spiro atoms. The van der Waals surface area contributed by atoms with Crippen LogP contribution in [-0.2, 0) is 17.2 Å². The Kier molecular flexibility index (Phi) is 6.89. The summed E-state index contributed by atoms with van der Waals surface area (Å²) in [6.45, 7) is 2.06. The second-order valence-corrected chi connectivity index (χ2v) is 11.7. The van der Waals surface area contributed by atoms with Crippen LogP contribution in [0.4, 0.5) is 0 Å². The predicted octanol–water partition coefficient (Wildman–Crippen LogP) is 5.80. The molecule has 2 atom stereocenters. The number of aryl methyl sites for hydroxylation is 1. The van der Waals surface area contributed by atoms with Gasteiger partial charge in [-0.05, 0) is 49.6 Å². The second-order valence-electron chi connectivity index (χ2n) is 7.30. The molecule has 0 saturated carbocycles. The summed E-state index contributed by atoms with van der Waals surface area (Å²) in [5.74, 6) is 0. The molecule has 0 heterocycles. The van der Waals surface area contributed by atoms with E-state index in [-0.39, 0.29) is 4.99 Å². The smallest absolute Gasteiger partial charge is 0.0715 e. The van der Waals surface area contributed by atoms with Gasteiger partial charge in [-0.2, -0.15) is 0 Å². The van der Waals surface area contributed by atoms with Gasteiger partial charge in [-0.25, -0.2) is 0 Å². The Hall–Kier alpha value is -2.54. The van der Waals surface area contributed by atoms with Crippen molar-refractivity contribution >= 4 is 29.3 Å². The first kappa shape index (κ1) is 20.7. The van der Waals surface area contributed by atoms with E-state index in [1.807, 2.05) is 30.3 Å². The van der Waals surface area contributed by atoms with Crippen molar-refractivity contribution in [2.75, 3.05) is 0 Å². The molecule has 0 radical (unpaired) electrons. The van der Waals surface area contributed by atoms with Crippen molar-refractivity contribution in [1.82, 2.24) is 0 Å². The molecule has 0 N–H and O–H groups in total. The number of rotatable bonds is 7. The average Bonchev–Trinajstić information content (AvgIpc) is 2.81. The largest absolute Gasteiger partial charge is 0.254 e. The van der Waals surface area contributed by atoms with Crippen LogP contribution in [-0.4, -0.2) is 9.20 Å². The van der Waals surface area contributed by atoms with Crippen LogP contribution >= 0.6 is 7.92 Å². The Labute approximate surface area is 183 Å². The molecule has 1 unspecified atom stereocenters. The highest BCUT2D eigenvalue weighted by Crippen LogP contribution is 2.44. The summed E-state index contributed by atoms with van der Waals surface area (Å²) in [5.41, 5.74) is 2.41. The van der Waals surface area contributed by atoms with E-state index >= 15 is 0 Å². The minimum absolute atomic E-state index is 0.0186. The van der Waals surface area contributed by atoms with Gasteiger partial charge in [0.15, 0.2) is 0 Å². The number of hydrogen-bond acceptors (Lipinski definition) is 1. The Balaban J connectivity index is 1.82. The van der Waals surface area contributed by atoms with Crippen molar-refractivity contribution in [3.05, 3.63) is 126 Å². The molecule has 0 fully saturated rings. The quantitative estimate of drug-likeness (QED) is 0.340. The average molecular weight is 429 g/mol. The van der Waals surface area contributed by atoms with Crippen molar-refractivity contribution in [3.8, 4) is 0 Å². The Bertz CT molecular complexity index is 1040. The number of benzene rings is 4. The molecule has 0 saturated heterocycles. The highest BCUT2D eigenvalue weighted by molar-refractivity contribution is 7.97. The molecule has 4 aromatic rings. The van der Waals surface area contributed by atoms with E-state index in [9.17, 15) is 4.21 Å². The highest BCUT2D eigenvalue weighted by Gasteiger charge is 2.30. The zero-order chi connectivity index (χ0) is 20.8. The van der Waals surface area contributed by atoms with Gasteiger partial charge in [-0.1, -0.05) is 109 Å². The highest BCUT2D eigenvalue weighted by atomic mass is 32.2. The third-order valence-electron chi connectivity index (χ3n) is 5.11. The van der Waals surface area contributed by atoms with Crippen LogP contribution in [0.5, 0.6) is 0 Å². The molecule has 0 aliphatic rings. The van der Waals surface area contributed by atoms with Crippen molar-refractivity contribution in [2.24, 2.45) is 0 Å². The molecule has 4 aromatic carbocycles. The Morgan fingerprint density at radius 3 is 1.63 bits per heavy atom. The van der Waals surface area contributed by atoms with Crippen LogP contribution in [0, 0.1) is 6.92 Å². The molecule has 0 bridgehead atoms. The zero-order valence-electron chi connectivity index (χ0n) is 17.0. The van der Waals surface area contributed by atoms with Gasteiger partial charge >= 0.3 is 0 Å². The summed E-state index contributed by atoms with van der Waals surface area (Å²) in [6.07, 6.45) is 0.775.